The summed E-state index contributed by atoms with van der Waals surface area (Å²) in [6.07, 6.45) is 4.33. The van der Waals surface area contributed by atoms with Gasteiger partial charge in [0.25, 0.3) is 5.91 Å². The lowest BCUT2D eigenvalue weighted by molar-refractivity contribution is -0.146. The summed E-state index contributed by atoms with van der Waals surface area (Å²) in [7, 11) is 1.64. The van der Waals surface area contributed by atoms with Crippen molar-refractivity contribution in [2.24, 2.45) is 11.1 Å². The predicted molar refractivity (Wildman–Crippen MR) is 109 cm³/mol. The van der Waals surface area contributed by atoms with Crippen LogP contribution in [0.1, 0.15) is 37.7 Å². The number of nitrogens with zero attached hydrogens (tertiary/aromatic N) is 3. The van der Waals surface area contributed by atoms with Gasteiger partial charge in [0, 0.05) is 44.9 Å². The highest BCUT2D eigenvalue weighted by Gasteiger charge is 2.36. The molecule has 0 saturated carbocycles. The standard InChI is InChI=1S/C22H29N3O4/c1-28-19-6-4-5-16(14-19)13-18-15-20(29-23-18)22(27)25-11-7-17(8-12-25)21(26)24-9-2-3-10-24/h4-6,14,17,20H,2-3,7-13,15H2,1H3. The van der Waals surface area contributed by atoms with E-state index in [2.05, 4.69) is 5.16 Å². The van der Waals surface area contributed by atoms with Crippen LogP contribution in [0.25, 0.3) is 0 Å². The molecule has 4 rings (SSSR count). The van der Waals surface area contributed by atoms with Crippen LogP contribution in [0.2, 0.25) is 0 Å². The number of hydrogen-bond donors (Lipinski definition) is 0. The van der Waals surface area contributed by atoms with Gasteiger partial charge in [0.05, 0.1) is 12.8 Å². The van der Waals surface area contributed by atoms with E-state index in [9.17, 15) is 9.59 Å². The molecule has 0 radical (unpaired) electrons. The van der Waals surface area contributed by atoms with Crippen LogP contribution in [-0.4, -0.2) is 66.7 Å². The number of ether oxygens (including phenoxy) is 1. The monoisotopic (exact) mass is 399 g/mol. The number of benzene rings is 1. The summed E-state index contributed by atoms with van der Waals surface area (Å²) < 4.78 is 5.26. The molecule has 3 aliphatic heterocycles. The Hall–Kier alpha value is -2.57. The Morgan fingerprint density at radius 1 is 1.10 bits per heavy atom. The summed E-state index contributed by atoms with van der Waals surface area (Å²) in [6, 6.07) is 7.84. The summed E-state index contributed by atoms with van der Waals surface area (Å²) in [5, 5.41) is 4.15. The predicted octanol–water partition coefficient (Wildman–Crippen LogP) is 2.24. The molecule has 1 atom stereocenters. The minimum Gasteiger partial charge on any atom is -0.497 e. The first-order chi connectivity index (χ1) is 14.1. The first-order valence-electron chi connectivity index (χ1n) is 10.6. The number of methoxy groups -OCH3 is 1. The molecule has 2 amide bonds. The van der Waals surface area contributed by atoms with E-state index in [-0.39, 0.29) is 17.7 Å². The highest BCUT2D eigenvalue weighted by Crippen LogP contribution is 2.25. The number of carbonyl (C=O) groups is 2. The maximum absolute atomic E-state index is 12.8. The summed E-state index contributed by atoms with van der Waals surface area (Å²) in [5.41, 5.74) is 1.96. The van der Waals surface area contributed by atoms with E-state index in [1.807, 2.05) is 34.1 Å². The van der Waals surface area contributed by atoms with Crippen LogP contribution in [0, 0.1) is 5.92 Å². The molecule has 3 heterocycles. The van der Waals surface area contributed by atoms with E-state index in [1.165, 1.54) is 0 Å². The highest BCUT2D eigenvalue weighted by atomic mass is 16.6. The Bertz CT molecular complexity index is 780. The van der Waals surface area contributed by atoms with Crippen LogP contribution < -0.4 is 4.74 Å². The maximum atomic E-state index is 12.8. The fourth-order valence-corrected chi connectivity index (χ4v) is 4.43. The normalized spacial score (nSPS) is 22.4. The van der Waals surface area contributed by atoms with E-state index < -0.39 is 6.10 Å². The van der Waals surface area contributed by atoms with E-state index in [0.29, 0.717) is 25.9 Å². The molecule has 7 nitrogen and oxygen atoms in total. The first kappa shape index (κ1) is 19.7. The van der Waals surface area contributed by atoms with Crippen molar-refractivity contribution >= 4 is 17.5 Å². The second kappa shape index (κ2) is 8.84. The summed E-state index contributed by atoms with van der Waals surface area (Å²) in [6.45, 7) is 3.02. The van der Waals surface area contributed by atoms with Gasteiger partial charge in [-0.3, -0.25) is 9.59 Å². The second-order valence-electron chi connectivity index (χ2n) is 8.12. The van der Waals surface area contributed by atoms with Gasteiger partial charge in [-0.25, -0.2) is 0 Å². The van der Waals surface area contributed by atoms with Gasteiger partial charge in [-0.1, -0.05) is 17.3 Å². The average Bonchev–Trinajstić information content (AvgIpc) is 3.45. The molecular formula is C22H29N3O4. The molecule has 2 saturated heterocycles. The molecule has 0 N–H and O–H groups in total. The molecule has 1 unspecified atom stereocenters. The molecule has 0 aromatic heterocycles. The van der Waals surface area contributed by atoms with Gasteiger partial charge >= 0.3 is 0 Å². The van der Waals surface area contributed by atoms with E-state index in [0.717, 1.165) is 55.8 Å². The molecule has 7 heteroatoms. The van der Waals surface area contributed by atoms with Gasteiger partial charge < -0.3 is 19.4 Å². The number of carbonyl (C=O) groups excluding carboxylic acids is 2. The molecule has 0 aliphatic carbocycles. The number of amides is 2. The number of likely N-dealkylation sites (tertiary alicyclic amines) is 2. The van der Waals surface area contributed by atoms with Crippen LogP contribution in [0.15, 0.2) is 29.4 Å². The Morgan fingerprint density at radius 2 is 1.83 bits per heavy atom. The fraction of sp³-hybridized carbons (Fsp3) is 0.591. The van der Waals surface area contributed by atoms with Crippen LogP contribution in [-0.2, 0) is 20.8 Å². The fourth-order valence-electron chi connectivity index (χ4n) is 4.43. The summed E-state index contributed by atoms with van der Waals surface area (Å²) in [4.78, 5) is 34.7. The Balaban J connectivity index is 1.25. The molecule has 3 aliphatic rings. The lowest BCUT2D eigenvalue weighted by atomic mass is 9.94. The lowest BCUT2D eigenvalue weighted by Gasteiger charge is -2.33. The molecule has 1 aromatic carbocycles. The minimum absolute atomic E-state index is 0.0125. The third kappa shape index (κ3) is 4.54. The van der Waals surface area contributed by atoms with Crippen LogP contribution >= 0.6 is 0 Å². The van der Waals surface area contributed by atoms with Gasteiger partial charge in [0.2, 0.25) is 12.0 Å². The smallest absolute Gasteiger partial charge is 0.266 e. The van der Waals surface area contributed by atoms with Gasteiger partial charge in [0.15, 0.2) is 0 Å². The van der Waals surface area contributed by atoms with Gasteiger partial charge in [-0.2, -0.15) is 0 Å². The zero-order valence-electron chi connectivity index (χ0n) is 17.0. The van der Waals surface area contributed by atoms with Crippen LogP contribution in [0.4, 0.5) is 0 Å². The van der Waals surface area contributed by atoms with Gasteiger partial charge in [-0.05, 0) is 43.4 Å². The van der Waals surface area contributed by atoms with Gasteiger partial charge in [-0.15, -0.1) is 0 Å². The zero-order valence-corrected chi connectivity index (χ0v) is 17.0. The summed E-state index contributed by atoms with van der Waals surface area (Å²) in [5.74, 6) is 1.12. The second-order valence-corrected chi connectivity index (χ2v) is 8.12. The molecule has 0 bridgehead atoms. The van der Waals surface area contributed by atoms with Crippen molar-refractivity contribution in [2.45, 2.75) is 44.6 Å². The number of oxime groups is 1. The molecular weight excluding hydrogens is 370 g/mol. The van der Waals surface area contributed by atoms with Crippen molar-refractivity contribution in [1.29, 1.82) is 0 Å². The Morgan fingerprint density at radius 3 is 2.55 bits per heavy atom. The zero-order chi connectivity index (χ0) is 20.2. The van der Waals surface area contributed by atoms with Crippen molar-refractivity contribution in [1.82, 2.24) is 9.80 Å². The van der Waals surface area contributed by atoms with Crippen LogP contribution in [0.5, 0.6) is 5.75 Å². The Labute approximate surface area is 171 Å². The molecule has 2 fully saturated rings. The molecule has 156 valence electrons. The van der Waals surface area contributed by atoms with E-state index in [1.54, 1.807) is 7.11 Å². The molecule has 1 aromatic rings. The molecule has 0 spiro atoms. The third-order valence-electron chi connectivity index (χ3n) is 6.12. The summed E-state index contributed by atoms with van der Waals surface area (Å²) >= 11 is 0. The van der Waals surface area contributed by atoms with Crippen molar-refractivity contribution < 1.29 is 19.2 Å². The quantitative estimate of drug-likeness (QED) is 0.761. The van der Waals surface area contributed by atoms with Crippen molar-refractivity contribution in [3.63, 3.8) is 0 Å². The van der Waals surface area contributed by atoms with Crippen molar-refractivity contribution in [2.75, 3.05) is 33.3 Å². The first-order valence-corrected chi connectivity index (χ1v) is 10.6. The number of rotatable bonds is 5. The van der Waals surface area contributed by atoms with E-state index in [4.69, 9.17) is 9.57 Å². The topological polar surface area (TPSA) is 71.4 Å². The lowest BCUT2D eigenvalue weighted by Crippen LogP contribution is -2.47. The maximum Gasteiger partial charge on any atom is 0.266 e. The minimum atomic E-state index is -0.540. The van der Waals surface area contributed by atoms with Crippen molar-refractivity contribution in [3.8, 4) is 5.75 Å². The third-order valence-corrected chi connectivity index (χ3v) is 6.12. The largest absolute Gasteiger partial charge is 0.497 e. The van der Waals surface area contributed by atoms with Gasteiger partial charge in [0.1, 0.15) is 5.75 Å². The highest BCUT2D eigenvalue weighted by molar-refractivity contribution is 5.94. The average molecular weight is 399 g/mol. The number of piperidine rings is 1. The molecule has 29 heavy (non-hydrogen) atoms. The Kier molecular flexibility index (Phi) is 6.02. The number of hydrogen-bond acceptors (Lipinski definition) is 5. The van der Waals surface area contributed by atoms with Crippen molar-refractivity contribution in [3.05, 3.63) is 29.8 Å². The van der Waals surface area contributed by atoms with Crippen LogP contribution in [0.3, 0.4) is 0 Å². The SMILES string of the molecule is COc1cccc(CC2=NOC(C(=O)N3CCC(C(=O)N4CCCC4)CC3)C2)c1. The van der Waals surface area contributed by atoms with E-state index >= 15 is 0 Å².